The zero-order valence-electron chi connectivity index (χ0n) is 8.51. The van der Waals surface area contributed by atoms with Crippen LogP contribution in [-0.2, 0) is 6.18 Å². The molecule has 0 atom stereocenters. The van der Waals surface area contributed by atoms with Gasteiger partial charge in [-0.2, -0.15) is 18.3 Å². The molecule has 2 amide bonds. The molecule has 0 spiro atoms. The molecule has 2 rings (SSSR count). The molecule has 17 heavy (non-hydrogen) atoms. The highest BCUT2D eigenvalue weighted by molar-refractivity contribution is 6.05. The predicted molar refractivity (Wildman–Crippen MR) is 54.5 cm³/mol. The molecule has 1 aliphatic rings. The molecule has 4 nitrogen and oxygen atoms in total. The lowest BCUT2D eigenvalue weighted by molar-refractivity contribution is -0.137. The normalized spacial score (nSPS) is 15.9. The monoisotopic (exact) mass is 243 g/mol. The fraction of sp³-hybridized carbons (Fsp3) is 0.200. The second-order valence-corrected chi connectivity index (χ2v) is 3.43. The van der Waals surface area contributed by atoms with Gasteiger partial charge in [0.1, 0.15) is 0 Å². The van der Waals surface area contributed by atoms with E-state index in [0.29, 0.717) is 11.3 Å². The molecule has 1 heterocycles. The highest BCUT2D eigenvalue weighted by Crippen LogP contribution is 2.29. The number of hydrazone groups is 1. The Bertz CT molecular complexity index is 482. The summed E-state index contributed by atoms with van der Waals surface area (Å²) in [6.07, 6.45) is -4.39. The van der Waals surface area contributed by atoms with Crippen molar-refractivity contribution in [1.82, 2.24) is 10.7 Å². The minimum Gasteiger partial charge on any atom is -0.331 e. The van der Waals surface area contributed by atoms with Crippen LogP contribution in [0.2, 0.25) is 0 Å². The van der Waals surface area contributed by atoms with Gasteiger partial charge >= 0.3 is 12.2 Å². The Labute approximate surface area is 94.5 Å². The first-order valence-corrected chi connectivity index (χ1v) is 4.75. The van der Waals surface area contributed by atoms with Gasteiger partial charge in [0.25, 0.3) is 0 Å². The van der Waals surface area contributed by atoms with Gasteiger partial charge in [-0.15, -0.1) is 0 Å². The number of rotatable bonds is 1. The first-order chi connectivity index (χ1) is 7.97. The molecule has 0 unspecified atom stereocenters. The summed E-state index contributed by atoms with van der Waals surface area (Å²) >= 11 is 0. The van der Waals surface area contributed by atoms with Crippen molar-refractivity contribution in [2.24, 2.45) is 5.10 Å². The first-order valence-electron chi connectivity index (χ1n) is 4.75. The summed E-state index contributed by atoms with van der Waals surface area (Å²) in [7, 11) is 0. The summed E-state index contributed by atoms with van der Waals surface area (Å²) < 4.78 is 37.4. The van der Waals surface area contributed by atoms with Gasteiger partial charge in [-0.1, -0.05) is 12.1 Å². The van der Waals surface area contributed by atoms with E-state index >= 15 is 0 Å². The molecule has 0 aliphatic carbocycles. The molecule has 0 aromatic heterocycles. The molecular weight excluding hydrogens is 235 g/mol. The van der Waals surface area contributed by atoms with Crippen molar-refractivity contribution in [3.8, 4) is 0 Å². The fourth-order valence-corrected chi connectivity index (χ4v) is 1.40. The van der Waals surface area contributed by atoms with E-state index in [0.717, 1.165) is 12.1 Å². The Hall–Kier alpha value is -2.05. The van der Waals surface area contributed by atoms with E-state index in [2.05, 4.69) is 15.8 Å². The SMILES string of the molecule is O=C1NCC(c2cccc(C(F)(F)F)c2)=NN1. The smallest absolute Gasteiger partial charge is 0.331 e. The number of hydrogen-bond acceptors (Lipinski definition) is 2. The van der Waals surface area contributed by atoms with Gasteiger partial charge in [-0.3, -0.25) is 0 Å². The molecule has 1 aromatic rings. The van der Waals surface area contributed by atoms with E-state index in [-0.39, 0.29) is 6.54 Å². The lowest BCUT2D eigenvalue weighted by Crippen LogP contribution is -2.42. The third kappa shape index (κ3) is 2.55. The van der Waals surface area contributed by atoms with Crippen LogP contribution in [0.4, 0.5) is 18.0 Å². The largest absolute Gasteiger partial charge is 0.416 e. The molecule has 0 radical (unpaired) electrons. The summed E-state index contributed by atoms with van der Waals surface area (Å²) in [5, 5.41) is 6.12. The zero-order chi connectivity index (χ0) is 12.5. The van der Waals surface area contributed by atoms with Crippen LogP contribution >= 0.6 is 0 Å². The van der Waals surface area contributed by atoms with E-state index in [1.165, 1.54) is 12.1 Å². The second kappa shape index (κ2) is 4.08. The van der Waals surface area contributed by atoms with Gasteiger partial charge in [0.15, 0.2) is 0 Å². The maximum Gasteiger partial charge on any atom is 0.416 e. The highest BCUT2D eigenvalue weighted by atomic mass is 19.4. The lowest BCUT2D eigenvalue weighted by Gasteiger charge is -2.15. The van der Waals surface area contributed by atoms with E-state index in [1.54, 1.807) is 0 Å². The van der Waals surface area contributed by atoms with Gasteiger partial charge in [0.05, 0.1) is 17.8 Å². The van der Waals surface area contributed by atoms with Crippen LogP contribution in [0, 0.1) is 0 Å². The molecule has 0 saturated carbocycles. The minimum atomic E-state index is -4.39. The van der Waals surface area contributed by atoms with Crippen LogP contribution in [0.1, 0.15) is 11.1 Å². The average Bonchev–Trinajstić information content (AvgIpc) is 2.29. The van der Waals surface area contributed by atoms with Crippen LogP contribution in [0.15, 0.2) is 29.4 Å². The molecule has 1 aromatic carbocycles. The number of amides is 2. The summed E-state index contributed by atoms with van der Waals surface area (Å²) in [6, 6.07) is 4.32. The Morgan fingerprint density at radius 2 is 2.06 bits per heavy atom. The third-order valence-electron chi connectivity index (χ3n) is 2.23. The van der Waals surface area contributed by atoms with Crippen LogP contribution in [0.3, 0.4) is 0 Å². The number of carbonyl (C=O) groups excluding carboxylic acids is 1. The molecule has 0 bridgehead atoms. The lowest BCUT2D eigenvalue weighted by atomic mass is 10.1. The van der Waals surface area contributed by atoms with Gasteiger partial charge < -0.3 is 5.32 Å². The van der Waals surface area contributed by atoms with Crippen molar-refractivity contribution in [2.45, 2.75) is 6.18 Å². The number of urea groups is 1. The predicted octanol–water partition coefficient (Wildman–Crippen LogP) is 1.72. The number of halogens is 3. The Morgan fingerprint density at radius 3 is 2.65 bits per heavy atom. The number of hydrogen-bond donors (Lipinski definition) is 2. The summed E-state index contributed by atoms with van der Waals surface area (Å²) in [4.78, 5) is 10.8. The van der Waals surface area contributed by atoms with Gasteiger partial charge in [0.2, 0.25) is 0 Å². The van der Waals surface area contributed by atoms with Crippen molar-refractivity contribution in [3.63, 3.8) is 0 Å². The topological polar surface area (TPSA) is 53.5 Å². The maximum atomic E-state index is 12.5. The van der Waals surface area contributed by atoms with Gasteiger partial charge in [0, 0.05) is 5.56 Å². The second-order valence-electron chi connectivity index (χ2n) is 3.43. The van der Waals surface area contributed by atoms with Crippen LogP contribution in [0.25, 0.3) is 0 Å². The van der Waals surface area contributed by atoms with Gasteiger partial charge in [-0.05, 0) is 12.1 Å². The van der Waals surface area contributed by atoms with Crippen molar-refractivity contribution in [3.05, 3.63) is 35.4 Å². The summed E-state index contributed by atoms with van der Waals surface area (Å²) in [6.45, 7) is 0.104. The first kappa shape index (κ1) is 11.4. The van der Waals surface area contributed by atoms with Crippen molar-refractivity contribution in [2.75, 3.05) is 6.54 Å². The minimum absolute atomic E-state index is 0.104. The Kier molecular flexibility index (Phi) is 2.74. The summed E-state index contributed by atoms with van der Waals surface area (Å²) in [5.41, 5.74) is 2.09. The number of alkyl halides is 3. The maximum absolute atomic E-state index is 12.5. The molecule has 7 heteroatoms. The molecule has 90 valence electrons. The van der Waals surface area contributed by atoms with Crippen LogP contribution < -0.4 is 10.7 Å². The summed E-state index contributed by atoms with van der Waals surface area (Å²) in [5.74, 6) is 0. The van der Waals surface area contributed by atoms with E-state index in [4.69, 9.17) is 0 Å². The average molecular weight is 243 g/mol. The quantitative estimate of drug-likeness (QED) is 0.775. The highest BCUT2D eigenvalue weighted by Gasteiger charge is 2.30. The Balaban J connectivity index is 2.31. The number of carbonyl (C=O) groups is 1. The van der Waals surface area contributed by atoms with Crippen LogP contribution in [0.5, 0.6) is 0 Å². The molecular formula is C10H8F3N3O. The fourth-order valence-electron chi connectivity index (χ4n) is 1.40. The molecule has 1 aliphatic heterocycles. The van der Waals surface area contributed by atoms with E-state index in [1.807, 2.05) is 0 Å². The van der Waals surface area contributed by atoms with Crippen molar-refractivity contribution < 1.29 is 18.0 Å². The zero-order valence-corrected chi connectivity index (χ0v) is 8.51. The number of nitrogens with zero attached hydrogens (tertiary/aromatic N) is 1. The number of benzene rings is 1. The standard InChI is InChI=1S/C10H8F3N3O/c11-10(12,13)7-3-1-2-6(4-7)8-5-14-9(17)16-15-8/h1-4H,5H2,(H2,14,16,17). The van der Waals surface area contributed by atoms with Crippen molar-refractivity contribution in [1.29, 1.82) is 0 Å². The van der Waals surface area contributed by atoms with E-state index < -0.39 is 17.8 Å². The molecule has 2 N–H and O–H groups in total. The molecule has 0 saturated heterocycles. The molecule has 0 fully saturated rings. The third-order valence-corrected chi connectivity index (χ3v) is 2.23. The van der Waals surface area contributed by atoms with Crippen LogP contribution in [-0.4, -0.2) is 18.3 Å². The number of nitrogens with one attached hydrogen (secondary N) is 2. The Morgan fingerprint density at radius 1 is 1.29 bits per heavy atom. The van der Waals surface area contributed by atoms with Crippen molar-refractivity contribution >= 4 is 11.7 Å². The van der Waals surface area contributed by atoms with Gasteiger partial charge in [-0.25, -0.2) is 10.2 Å². The van der Waals surface area contributed by atoms with E-state index in [9.17, 15) is 18.0 Å².